The summed E-state index contributed by atoms with van der Waals surface area (Å²) in [5.41, 5.74) is 5.77. The number of benzene rings is 2. The molecular weight excluding hydrogens is 376 g/mol. The quantitative estimate of drug-likeness (QED) is 0.386. The molecule has 27 heavy (non-hydrogen) atoms. The maximum Gasteiger partial charge on any atom is 0.250 e. The maximum absolute atomic E-state index is 12.0. The Morgan fingerprint density at radius 3 is 2.74 bits per heavy atom. The number of thiazole rings is 1. The molecule has 1 aliphatic heterocycles. The van der Waals surface area contributed by atoms with Crippen molar-refractivity contribution in [3.63, 3.8) is 0 Å². The Kier molecular flexibility index (Phi) is 5.69. The van der Waals surface area contributed by atoms with Crippen LogP contribution in [0.5, 0.6) is 0 Å². The van der Waals surface area contributed by atoms with Crippen LogP contribution in [-0.2, 0) is 4.79 Å². The number of thioether (sulfide) groups is 1. The summed E-state index contributed by atoms with van der Waals surface area (Å²) in [5.74, 6) is 0.162. The number of hydrazone groups is 1. The first kappa shape index (κ1) is 18.0. The van der Waals surface area contributed by atoms with Crippen LogP contribution in [0.25, 0.3) is 10.2 Å². The van der Waals surface area contributed by atoms with Gasteiger partial charge in [0.25, 0.3) is 5.91 Å². The number of hydrogen-bond acceptors (Lipinski definition) is 6. The van der Waals surface area contributed by atoms with Crippen molar-refractivity contribution in [2.45, 2.75) is 17.2 Å². The zero-order valence-electron chi connectivity index (χ0n) is 14.8. The Morgan fingerprint density at radius 2 is 1.96 bits per heavy atom. The summed E-state index contributed by atoms with van der Waals surface area (Å²) in [4.78, 5) is 18.9. The number of nitrogens with one attached hydrogen (secondary N) is 1. The van der Waals surface area contributed by atoms with Crippen molar-refractivity contribution in [3.05, 3.63) is 54.1 Å². The van der Waals surface area contributed by atoms with E-state index in [-0.39, 0.29) is 5.91 Å². The van der Waals surface area contributed by atoms with Gasteiger partial charge in [0, 0.05) is 18.8 Å². The van der Waals surface area contributed by atoms with E-state index in [2.05, 4.69) is 32.5 Å². The van der Waals surface area contributed by atoms with Gasteiger partial charge >= 0.3 is 0 Å². The third kappa shape index (κ3) is 4.67. The predicted octanol–water partition coefficient (Wildman–Crippen LogP) is 4.14. The Morgan fingerprint density at radius 1 is 1.19 bits per heavy atom. The average molecular weight is 397 g/mol. The van der Waals surface area contributed by atoms with Crippen LogP contribution in [0, 0.1) is 0 Å². The molecule has 2 aromatic carbocycles. The summed E-state index contributed by atoms with van der Waals surface area (Å²) >= 11 is 3.03. The van der Waals surface area contributed by atoms with Crippen molar-refractivity contribution < 1.29 is 4.79 Å². The van der Waals surface area contributed by atoms with E-state index in [9.17, 15) is 4.79 Å². The Bertz CT molecular complexity index is 913. The van der Waals surface area contributed by atoms with Crippen LogP contribution in [0.1, 0.15) is 18.4 Å². The summed E-state index contributed by atoms with van der Waals surface area (Å²) in [6.45, 7) is 2.27. The van der Waals surface area contributed by atoms with Gasteiger partial charge in [0.05, 0.1) is 22.2 Å². The molecule has 0 spiro atoms. The molecule has 7 heteroatoms. The van der Waals surface area contributed by atoms with Crippen molar-refractivity contribution in [1.29, 1.82) is 0 Å². The molecule has 1 aromatic heterocycles. The van der Waals surface area contributed by atoms with Gasteiger partial charge in [-0.2, -0.15) is 5.10 Å². The molecular formula is C20H20N4OS2. The number of carbonyl (C=O) groups excluding carboxylic acids is 1. The highest BCUT2D eigenvalue weighted by atomic mass is 32.2. The molecule has 1 amide bonds. The minimum Gasteiger partial charge on any atom is -0.372 e. The van der Waals surface area contributed by atoms with E-state index in [0.29, 0.717) is 5.75 Å². The number of hydrogen-bond donors (Lipinski definition) is 1. The van der Waals surface area contributed by atoms with Crippen LogP contribution in [0.2, 0.25) is 0 Å². The van der Waals surface area contributed by atoms with Gasteiger partial charge in [-0.1, -0.05) is 36.0 Å². The largest absolute Gasteiger partial charge is 0.372 e. The van der Waals surface area contributed by atoms with E-state index in [4.69, 9.17) is 0 Å². The zero-order valence-corrected chi connectivity index (χ0v) is 16.4. The van der Waals surface area contributed by atoms with Gasteiger partial charge in [-0.3, -0.25) is 4.79 Å². The molecule has 138 valence electrons. The third-order valence-corrected chi connectivity index (χ3v) is 6.55. The average Bonchev–Trinajstić information content (AvgIpc) is 3.36. The van der Waals surface area contributed by atoms with E-state index in [1.54, 1.807) is 17.6 Å². The minimum absolute atomic E-state index is 0.135. The van der Waals surface area contributed by atoms with Crippen molar-refractivity contribution >= 4 is 51.1 Å². The van der Waals surface area contributed by atoms with Gasteiger partial charge in [0.1, 0.15) is 0 Å². The van der Waals surface area contributed by atoms with E-state index in [0.717, 1.165) is 33.2 Å². The first-order valence-corrected chi connectivity index (χ1v) is 10.7. The van der Waals surface area contributed by atoms with Crippen molar-refractivity contribution in [2.75, 3.05) is 23.7 Å². The second kappa shape index (κ2) is 8.54. The molecule has 0 saturated carbocycles. The number of carbonyl (C=O) groups is 1. The first-order chi connectivity index (χ1) is 13.3. The normalized spacial score (nSPS) is 14.3. The second-order valence-corrected chi connectivity index (χ2v) is 8.57. The molecule has 4 rings (SSSR count). The highest BCUT2D eigenvalue weighted by Gasteiger charge is 2.11. The van der Waals surface area contributed by atoms with Crippen LogP contribution in [0.15, 0.2) is 58.0 Å². The topological polar surface area (TPSA) is 57.6 Å². The Balaban J connectivity index is 1.25. The van der Waals surface area contributed by atoms with Crippen molar-refractivity contribution in [3.8, 4) is 0 Å². The number of rotatable bonds is 6. The zero-order chi connectivity index (χ0) is 18.5. The third-order valence-electron chi connectivity index (χ3n) is 4.37. The van der Waals surface area contributed by atoms with Crippen LogP contribution in [-0.4, -0.2) is 35.9 Å². The summed E-state index contributed by atoms with van der Waals surface area (Å²) < 4.78 is 2.03. The number of aromatic nitrogens is 1. The molecule has 1 aliphatic rings. The van der Waals surface area contributed by atoms with Gasteiger partial charge in [0.15, 0.2) is 4.34 Å². The minimum atomic E-state index is -0.135. The van der Waals surface area contributed by atoms with Gasteiger partial charge in [-0.05, 0) is 42.7 Å². The molecule has 0 bridgehead atoms. The van der Waals surface area contributed by atoms with Crippen molar-refractivity contribution in [2.24, 2.45) is 5.10 Å². The molecule has 0 atom stereocenters. The molecule has 1 fully saturated rings. The predicted molar refractivity (Wildman–Crippen MR) is 114 cm³/mol. The number of fused-ring (bicyclic) bond motifs is 1. The summed E-state index contributed by atoms with van der Waals surface area (Å²) in [6, 6.07) is 16.3. The van der Waals surface area contributed by atoms with Gasteiger partial charge in [0.2, 0.25) is 0 Å². The lowest BCUT2D eigenvalue weighted by atomic mass is 10.2. The fraction of sp³-hybridized carbons (Fsp3) is 0.250. The lowest BCUT2D eigenvalue weighted by molar-refractivity contribution is -0.118. The SMILES string of the molecule is O=C(CSc1nc2ccccc2s1)N/N=C\c1ccc(N2CCCC2)cc1. The molecule has 2 heterocycles. The van der Waals surface area contributed by atoms with Gasteiger partial charge in [-0.15, -0.1) is 11.3 Å². The molecule has 1 N–H and O–H groups in total. The lowest BCUT2D eigenvalue weighted by Crippen LogP contribution is -2.19. The molecule has 3 aromatic rings. The molecule has 1 saturated heterocycles. The molecule has 0 radical (unpaired) electrons. The number of anilines is 1. The maximum atomic E-state index is 12.0. The van der Waals surface area contributed by atoms with E-state index < -0.39 is 0 Å². The van der Waals surface area contributed by atoms with E-state index in [1.807, 2.05) is 36.4 Å². The van der Waals surface area contributed by atoms with Crippen LogP contribution >= 0.6 is 23.1 Å². The number of amides is 1. The summed E-state index contributed by atoms with van der Waals surface area (Å²) in [5, 5.41) is 4.06. The van der Waals surface area contributed by atoms with Gasteiger partial charge < -0.3 is 4.90 Å². The van der Waals surface area contributed by atoms with E-state index in [1.165, 1.54) is 30.3 Å². The van der Waals surface area contributed by atoms with Gasteiger partial charge in [-0.25, -0.2) is 10.4 Å². The second-order valence-electron chi connectivity index (χ2n) is 6.32. The number of nitrogens with zero attached hydrogens (tertiary/aromatic N) is 3. The van der Waals surface area contributed by atoms with Crippen molar-refractivity contribution in [1.82, 2.24) is 10.4 Å². The highest BCUT2D eigenvalue weighted by molar-refractivity contribution is 8.01. The first-order valence-electron chi connectivity index (χ1n) is 8.93. The Hall–Kier alpha value is -2.38. The smallest absolute Gasteiger partial charge is 0.250 e. The molecule has 5 nitrogen and oxygen atoms in total. The van der Waals surface area contributed by atoms with Crippen LogP contribution < -0.4 is 10.3 Å². The lowest BCUT2D eigenvalue weighted by Gasteiger charge is -2.17. The van der Waals surface area contributed by atoms with Crippen LogP contribution in [0.4, 0.5) is 5.69 Å². The molecule has 0 unspecified atom stereocenters. The number of para-hydroxylation sites is 1. The van der Waals surface area contributed by atoms with E-state index >= 15 is 0 Å². The highest BCUT2D eigenvalue weighted by Crippen LogP contribution is 2.29. The fourth-order valence-electron chi connectivity index (χ4n) is 3.00. The summed E-state index contributed by atoms with van der Waals surface area (Å²) in [6.07, 6.45) is 4.21. The fourth-order valence-corrected chi connectivity index (χ4v) is 4.86. The standard InChI is InChI=1S/C20H20N4OS2/c25-19(14-26-20-22-17-5-1-2-6-18(17)27-20)23-21-13-15-7-9-16(10-8-15)24-11-3-4-12-24/h1-2,5-10,13H,3-4,11-12,14H2,(H,23,25)/b21-13-. The Labute approximate surface area is 166 Å². The summed E-state index contributed by atoms with van der Waals surface area (Å²) in [7, 11) is 0. The monoisotopic (exact) mass is 396 g/mol. The molecule has 0 aliphatic carbocycles. The van der Waals surface area contributed by atoms with Crippen LogP contribution in [0.3, 0.4) is 0 Å².